The molecule has 0 saturated heterocycles. The summed E-state index contributed by atoms with van der Waals surface area (Å²) in [5.41, 5.74) is 1.04. The molecule has 0 unspecified atom stereocenters. The monoisotopic (exact) mass is 405 g/mol. The average molecular weight is 406 g/mol. The van der Waals surface area contributed by atoms with Gasteiger partial charge in [-0.25, -0.2) is 0 Å². The molecule has 0 fully saturated rings. The van der Waals surface area contributed by atoms with E-state index in [1.165, 1.54) is 11.8 Å². The van der Waals surface area contributed by atoms with Gasteiger partial charge >= 0.3 is 0 Å². The van der Waals surface area contributed by atoms with Crippen LogP contribution in [0.25, 0.3) is 22.2 Å². The van der Waals surface area contributed by atoms with Gasteiger partial charge < -0.3 is 14.4 Å². The molecule has 0 spiro atoms. The van der Waals surface area contributed by atoms with Crippen LogP contribution in [0.1, 0.15) is 6.92 Å². The Morgan fingerprint density at radius 2 is 1.72 bits per heavy atom. The highest BCUT2D eigenvalue weighted by Crippen LogP contribution is 2.26. The number of rotatable bonds is 8. The predicted molar refractivity (Wildman–Crippen MR) is 117 cm³/mol. The zero-order chi connectivity index (χ0) is 20.1. The molecule has 4 rings (SSSR count). The maximum absolute atomic E-state index is 10.4. The van der Waals surface area contributed by atoms with Crippen LogP contribution in [0.3, 0.4) is 0 Å². The third-order valence-corrected chi connectivity index (χ3v) is 5.76. The topological polar surface area (TPSA) is 60.2 Å². The minimum atomic E-state index is -0.610. The van der Waals surface area contributed by atoms with E-state index >= 15 is 0 Å². The van der Waals surface area contributed by atoms with Crippen molar-refractivity contribution < 1.29 is 9.84 Å². The molecule has 4 aromatic rings. The first-order valence-corrected chi connectivity index (χ1v) is 10.6. The van der Waals surface area contributed by atoms with Gasteiger partial charge in [0.2, 0.25) is 0 Å². The van der Waals surface area contributed by atoms with E-state index in [1.54, 1.807) is 0 Å². The van der Waals surface area contributed by atoms with Crippen LogP contribution in [0.2, 0.25) is 0 Å². The lowest BCUT2D eigenvalue weighted by Gasteiger charge is -2.14. The van der Waals surface area contributed by atoms with E-state index in [0.717, 1.165) is 39.6 Å². The molecule has 148 valence electrons. The first-order valence-electron chi connectivity index (χ1n) is 9.66. The van der Waals surface area contributed by atoms with Gasteiger partial charge in [-0.2, -0.15) is 0 Å². The van der Waals surface area contributed by atoms with Crippen molar-refractivity contribution in [2.75, 3.05) is 12.4 Å². The van der Waals surface area contributed by atoms with Gasteiger partial charge in [0.05, 0.1) is 6.10 Å². The van der Waals surface area contributed by atoms with Gasteiger partial charge in [0.25, 0.3) is 0 Å². The summed E-state index contributed by atoms with van der Waals surface area (Å²) in [6, 6.07) is 24.0. The van der Waals surface area contributed by atoms with Crippen LogP contribution in [-0.4, -0.2) is 38.3 Å². The fourth-order valence-electron chi connectivity index (χ4n) is 3.21. The highest BCUT2D eigenvalue weighted by molar-refractivity contribution is 7.99. The van der Waals surface area contributed by atoms with Gasteiger partial charge in [-0.1, -0.05) is 78.5 Å². The number of aromatic nitrogens is 3. The molecule has 0 amide bonds. The SMILES string of the molecule is CCn1c(SC[C@H](O)COc2cccc3ccccc23)nnc1-c1ccccc1. The molecule has 1 atom stereocenters. The number of hydrogen-bond donors (Lipinski definition) is 1. The van der Waals surface area contributed by atoms with Crippen molar-refractivity contribution >= 4 is 22.5 Å². The molecule has 1 heterocycles. The molecule has 0 aliphatic rings. The van der Waals surface area contributed by atoms with E-state index in [2.05, 4.69) is 33.8 Å². The average Bonchev–Trinajstić information content (AvgIpc) is 3.19. The molecule has 0 aliphatic heterocycles. The Morgan fingerprint density at radius 1 is 0.966 bits per heavy atom. The van der Waals surface area contributed by atoms with E-state index < -0.39 is 6.10 Å². The van der Waals surface area contributed by atoms with Crippen LogP contribution in [-0.2, 0) is 6.54 Å². The molecule has 1 aromatic heterocycles. The number of benzene rings is 3. The Balaban J connectivity index is 1.39. The van der Waals surface area contributed by atoms with Gasteiger partial charge in [-0.05, 0) is 18.4 Å². The van der Waals surface area contributed by atoms with Crippen LogP contribution in [0.4, 0.5) is 0 Å². The molecule has 5 nitrogen and oxygen atoms in total. The summed E-state index contributed by atoms with van der Waals surface area (Å²) in [6.45, 7) is 3.06. The van der Waals surface area contributed by atoms with Crippen molar-refractivity contribution in [2.45, 2.75) is 24.7 Å². The third-order valence-electron chi connectivity index (χ3n) is 4.65. The third kappa shape index (κ3) is 4.44. The molecular weight excluding hydrogens is 382 g/mol. The van der Waals surface area contributed by atoms with Gasteiger partial charge in [0.1, 0.15) is 12.4 Å². The zero-order valence-electron chi connectivity index (χ0n) is 16.2. The first-order chi connectivity index (χ1) is 14.3. The number of ether oxygens (including phenoxy) is 1. The molecule has 3 aromatic carbocycles. The van der Waals surface area contributed by atoms with Crippen LogP contribution in [0, 0.1) is 0 Å². The molecule has 29 heavy (non-hydrogen) atoms. The maximum atomic E-state index is 10.4. The number of nitrogens with zero attached hydrogens (tertiary/aromatic N) is 3. The van der Waals surface area contributed by atoms with Crippen molar-refractivity contribution in [3.8, 4) is 17.1 Å². The maximum Gasteiger partial charge on any atom is 0.191 e. The fraction of sp³-hybridized carbons (Fsp3) is 0.217. The zero-order valence-corrected chi connectivity index (χ0v) is 17.0. The second-order valence-corrected chi connectivity index (χ2v) is 7.66. The van der Waals surface area contributed by atoms with Crippen molar-refractivity contribution in [1.82, 2.24) is 14.8 Å². The molecular formula is C23H23N3O2S. The lowest BCUT2D eigenvalue weighted by molar-refractivity contribution is 0.127. The number of fused-ring (bicyclic) bond motifs is 1. The fourth-order valence-corrected chi connectivity index (χ4v) is 4.12. The van der Waals surface area contributed by atoms with E-state index in [1.807, 2.05) is 60.7 Å². The Morgan fingerprint density at radius 3 is 2.55 bits per heavy atom. The second-order valence-electron chi connectivity index (χ2n) is 6.67. The second kappa shape index (κ2) is 9.11. The highest BCUT2D eigenvalue weighted by Gasteiger charge is 2.15. The Kier molecular flexibility index (Phi) is 6.12. The summed E-state index contributed by atoms with van der Waals surface area (Å²) < 4.78 is 7.96. The summed E-state index contributed by atoms with van der Waals surface area (Å²) >= 11 is 1.49. The van der Waals surface area contributed by atoms with E-state index in [4.69, 9.17) is 4.74 Å². The summed E-state index contributed by atoms with van der Waals surface area (Å²) in [6.07, 6.45) is -0.610. The van der Waals surface area contributed by atoms with E-state index in [-0.39, 0.29) is 6.61 Å². The molecule has 6 heteroatoms. The van der Waals surface area contributed by atoms with Crippen molar-refractivity contribution in [3.05, 3.63) is 72.8 Å². The number of thioether (sulfide) groups is 1. The lowest BCUT2D eigenvalue weighted by Crippen LogP contribution is -2.20. The molecule has 0 saturated carbocycles. The quantitative estimate of drug-likeness (QED) is 0.432. The van der Waals surface area contributed by atoms with E-state index in [0.29, 0.717) is 5.75 Å². The number of aliphatic hydroxyl groups excluding tert-OH is 1. The largest absolute Gasteiger partial charge is 0.490 e. The molecule has 0 radical (unpaired) electrons. The smallest absolute Gasteiger partial charge is 0.191 e. The molecule has 1 N–H and O–H groups in total. The standard InChI is InChI=1S/C23H23N3O2S/c1-2-26-22(18-10-4-3-5-11-18)24-25-23(26)29-16-19(27)15-28-21-14-8-12-17-9-6-7-13-20(17)21/h3-14,19,27H,2,15-16H2,1H3/t19-/m1/s1. The van der Waals surface area contributed by atoms with Gasteiger partial charge in [-0.15, -0.1) is 10.2 Å². The lowest BCUT2D eigenvalue weighted by atomic mass is 10.1. The summed E-state index contributed by atoms with van der Waals surface area (Å²) in [4.78, 5) is 0. The Labute approximate surface area is 174 Å². The summed E-state index contributed by atoms with van der Waals surface area (Å²) in [5.74, 6) is 2.12. The Hall–Kier alpha value is -2.83. The molecule has 0 aliphatic carbocycles. The number of aliphatic hydroxyl groups is 1. The van der Waals surface area contributed by atoms with Gasteiger partial charge in [0, 0.05) is 23.2 Å². The Bertz CT molecular complexity index is 1080. The van der Waals surface area contributed by atoms with Gasteiger partial charge in [0.15, 0.2) is 11.0 Å². The van der Waals surface area contributed by atoms with Crippen LogP contribution >= 0.6 is 11.8 Å². The summed E-state index contributed by atoms with van der Waals surface area (Å²) in [7, 11) is 0. The van der Waals surface area contributed by atoms with E-state index in [9.17, 15) is 5.11 Å². The van der Waals surface area contributed by atoms with Crippen molar-refractivity contribution in [3.63, 3.8) is 0 Å². The molecule has 0 bridgehead atoms. The summed E-state index contributed by atoms with van der Waals surface area (Å²) in [5, 5.41) is 22.1. The number of hydrogen-bond acceptors (Lipinski definition) is 5. The first kappa shape index (κ1) is 19.5. The van der Waals surface area contributed by atoms with Gasteiger partial charge in [-0.3, -0.25) is 0 Å². The van der Waals surface area contributed by atoms with Crippen LogP contribution < -0.4 is 4.74 Å². The highest BCUT2D eigenvalue weighted by atomic mass is 32.2. The van der Waals surface area contributed by atoms with Crippen molar-refractivity contribution in [1.29, 1.82) is 0 Å². The minimum Gasteiger partial charge on any atom is -0.490 e. The van der Waals surface area contributed by atoms with Crippen LogP contribution in [0.5, 0.6) is 5.75 Å². The predicted octanol–water partition coefficient (Wildman–Crippen LogP) is 4.65. The van der Waals surface area contributed by atoms with Crippen molar-refractivity contribution in [2.24, 2.45) is 0 Å². The minimum absolute atomic E-state index is 0.229. The normalized spacial score (nSPS) is 12.2. The van der Waals surface area contributed by atoms with Crippen LogP contribution in [0.15, 0.2) is 78.0 Å².